The van der Waals surface area contributed by atoms with Crippen molar-refractivity contribution in [2.24, 2.45) is 5.73 Å². The van der Waals surface area contributed by atoms with Crippen LogP contribution in [-0.4, -0.2) is 21.1 Å². The van der Waals surface area contributed by atoms with Gasteiger partial charge >= 0.3 is 0 Å². The van der Waals surface area contributed by atoms with Crippen molar-refractivity contribution >= 4 is 11.0 Å². The molecule has 0 saturated carbocycles. The molecule has 0 spiro atoms. The number of rotatable bonds is 2. The maximum atomic E-state index is 12.0. The molecule has 2 N–H and O–H groups in total. The molecule has 0 atom stereocenters. The summed E-state index contributed by atoms with van der Waals surface area (Å²) in [5.41, 5.74) is 5.86. The minimum absolute atomic E-state index is 0.0731. The van der Waals surface area contributed by atoms with Crippen LogP contribution in [0, 0.1) is 6.92 Å². The van der Waals surface area contributed by atoms with Crippen molar-refractivity contribution in [3.63, 3.8) is 0 Å². The average Bonchev–Trinajstić information content (AvgIpc) is 2.24. The van der Waals surface area contributed by atoms with Crippen molar-refractivity contribution in [2.75, 3.05) is 6.54 Å². The van der Waals surface area contributed by atoms with Crippen LogP contribution >= 0.6 is 0 Å². The number of pyridine rings is 1. The number of fused-ring (bicyclic) bond motifs is 1. The largest absolute Gasteiger partial charge is 0.329 e. The highest BCUT2D eigenvalue weighted by Gasteiger charge is 2.06. The molecule has 0 amide bonds. The summed E-state index contributed by atoms with van der Waals surface area (Å²) in [5, 5.41) is 0.538. The molecule has 2 aromatic heterocycles. The molecule has 0 saturated heterocycles. The van der Waals surface area contributed by atoms with Crippen molar-refractivity contribution in [1.29, 1.82) is 0 Å². The van der Waals surface area contributed by atoms with Gasteiger partial charge in [0.05, 0.1) is 5.39 Å². The maximum Gasteiger partial charge on any atom is 0.263 e. The molecule has 5 nitrogen and oxygen atoms in total. The molecule has 0 aromatic carbocycles. The van der Waals surface area contributed by atoms with Crippen molar-refractivity contribution in [3.8, 4) is 0 Å². The van der Waals surface area contributed by atoms with E-state index in [4.69, 9.17) is 5.73 Å². The average molecular weight is 204 g/mol. The first-order chi connectivity index (χ1) is 7.24. The van der Waals surface area contributed by atoms with E-state index in [0.29, 0.717) is 29.9 Å². The van der Waals surface area contributed by atoms with Gasteiger partial charge in [0.25, 0.3) is 5.56 Å². The zero-order valence-electron chi connectivity index (χ0n) is 8.47. The van der Waals surface area contributed by atoms with Gasteiger partial charge in [0.2, 0.25) is 0 Å². The van der Waals surface area contributed by atoms with Crippen LogP contribution in [0.1, 0.15) is 5.82 Å². The molecule has 2 aromatic rings. The second-order valence-electron chi connectivity index (χ2n) is 3.28. The lowest BCUT2D eigenvalue weighted by molar-refractivity contribution is 0.647. The van der Waals surface area contributed by atoms with Crippen LogP contribution in [0.15, 0.2) is 23.1 Å². The summed E-state index contributed by atoms with van der Waals surface area (Å²) in [7, 11) is 0. The number of hydrogen-bond acceptors (Lipinski definition) is 4. The Labute approximate surface area is 86.6 Å². The highest BCUT2D eigenvalue weighted by molar-refractivity contribution is 5.72. The number of aromatic nitrogens is 3. The fourth-order valence-electron chi connectivity index (χ4n) is 1.55. The minimum Gasteiger partial charge on any atom is -0.329 e. The molecule has 0 fully saturated rings. The van der Waals surface area contributed by atoms with Gasteiger partial charge < -0.3 is 5.73 Å². The second-order valence-corrected chi connectivity index (χ2v) is 3.28. The van der Waals surface area contributed by atoms with Crippen LogP contribution in [-0.2, 0) is 6.54 Å². The van der Waals surface area contributed by atoms with E-state index in [2.05, 4.69) is 9.97 Å². The lowest BCUT2D eigenvalue weighted by Crippen LogP contribution is -2.27. The Kier molecular flexibility index (Phi) is 2.47. The summed E-state index contributed by atoms with van der Waals surface area (Å²) in [5.74, 6) is 0.650. The van der Waals surface area contributed by atoms with E-state index in [1.807, 2.05) is 0 Å². The number of aryl methyl sites for hydroxylation is 1. The molecule has 2 rings (SSSR count). The van der Waals surface area contributed by atoms with Gasteiger partial charge in [-0.2, -0.15) is 0 Å². The number of hydrogen-bond donors (Lipinski definition) is 1. The normalized spacial score (nSPS) is 10.8. The van der Waals surface area contributed by atoms with Crippen LogP contribution < -0.4 is 11.3 Å². The fourth-order valence-corrected chi connectivity index (χ4v) is 1.55. The van der Waals surface area contributed by atoms with Gasteiger partial charge in [-0.15, -0.1) is 0 Å². The van der Waals surface area contributed by atoms with Crippen LogP contribution in [0.25, 0.3) is 11.0 Å². The van der Waals surface area contributed by atoms with Crippen molar-refractivity contribution in [1.82, 2.24) is 14.5 Å². The third-order valence-corrected chi connectivity index (χ3v) is 2.27. The van der Waals surface area contributed by atoms with E-state index in [0.717, 1.165) is 0 Å². The van der Waals surface area contributed by atoms with E-state index in [9.17, 15) is 4.79 Å². The molecule has 15 heavy (non-hydrogen) atoms. The summed E-state index contributed by atoms with van der Waals surface area (Å²) in [6, 6.07) is 3.46. The van der Waals surface area contributed by atoms with Crippen molar-refractivity contribution in [3.05, 3.63) is 34.5 Å². The molecule has 0 radical (unpaired) electrons. The molecule has 0 aliphatic carbocycles. The van der Waals surface area contributed by atoms with Crippen LogP contribution in [0.2, 0.25) is 0 Å². The van der Waals surface area contributed by atoms with Gasteiger partial charge in [-0.3, -0.25) is 9.36 Å². The van der Waals surface area contributed by atoms with Crippen LogP contribution in [0.4, 0.5) is 0 Å². The Morgan fingerprint density at radius 3 is 3.07 bits per heavy atom. The predicted molar refractivity (Wildman–Crippen MR) is 57.6 cm³/mol. The van der Waals surface area contributed by atoms with Gasteiger partial charge in [0.15, 0.2) is 5.65 Å². The van der Waals surface area contributed by atoms with Crippen molar-refractivity contribution in [2.45, 2.75) is 13.5 Å². The third kappa shape index (κ3) is 1.61. The second kappa shape index (κ2) is 3.78. The summed E-state index contributed by atoms with van der Waals surface area (Å²) in [4.78, 5) is 20.3. The van der Waals surface area contributed by atoms with E-state index in [1.54, 1.807) is 29.8 Å². The Hall–Kier alpha value is -1.75. The Morgan fingerprint density at radius 2 is 2.33 bits per heavy atom. The smallest absolute Gasteiger partial charge is 0.263 e. The van der Waals surface area contributed by atoms with Crippen molar-refractivity contribution < 1.29 is 0 Å². The number of nitrogens with zero attached hydrogens (tertiary/aromatic N) is 3. The first-order valence-corrected chi connectivity index (χ1v) is 4.76. The molecule has 0 aliphatic heterocycles. The molecule has 5 heteroatoms. The van der Waals surface area contributed by atoms with Gasteiger partial charge in [0, 0.05) is 19.3 Å². The molecular formula is C10H12N4O. The molecular weight excluding hydrogens is 192 g/mol. The quantitative estimate of drug-likeness (QED) is 0.750. The van der Waals surface area contributed by atoms with E-state index < -0.39 is 0 Å². The lowest BCUT2D eigenvalue weighted by Gasteiger charge is -2.08. The molecule has 0 aliphatic rings. The molecule has 78 valence electrons. The summed E-state index contributed by atoms with van der Waals surface area (Å²) in [6.45, 7) is 2.70. The van der Waals surface area contributed by atoms with E-state index in [-0.39, 0.29) is 5.56 Å². The van der Waals surface area contributed by atoms with E-state index >= 15 is 0 Å². The zero-order valence-corrected chi connectivity index (χ0v) is 8.47. The molecule has 0 unspecified atom stereocenters. The van der Waals surface area contributed by atoms with Crippen LogP contribution in [0.3, 0.4) is 0 Å². The predicted octanol–water partition coefficient (Wildman–Crippen LogP) is 0.0586. The lowest BCUT2D eigenvalue weighted by atomic mass is 10.3. The van der Waals surface area contributed by atoms with Gasteiger partial charge in [-0.05, 0) is 19.1 Å². The molecule has 0 bridgehead atoms. The SMILES string of the molecule is Cc1nc2ncccc2c(=O)n1CCN. The first kappa shape index (κ1) is 9.79. The number of nitrogens with two attached hydrogens (primary N) is 1. The Bertz CT molecular complexity index is 547. The fraction of sp³-hybridized carbons (Fsp3) is 0.300. The summed E-state index contributed by atoms with van der Waals surface area (Å²) < 4.78 is 1.57. The Morgan fingerprint density at radius 1 is 1.53 bits per heavy atom. The monoisotopic (exact) mass is 204 g/mol. The van der Waals surface area contributed by atoms with Gasteiger partial charge in [-0.1, -0.05) is 0 Å². The first-order valence-electron chi connectivity index (χ1n) is 4.76. The van der Waals surface area contributed by atoms with Gasteiger partial charge in [0.1, 0.15) is 5.82 Å². The minimum atomic E-state index is -0.0731. The molecule has 2 heterocycles. The summed E-state index contributed by atoms with van der Waals surface area (Å²) in [6.07, 6.45) is 1.63. The standard InChI is InChI=1S/C10H12N4O/c1-7-13-9-8(3-2-5-12-9)10(15)14(7)6-4-11/h2-3,5H,4,6,11H2,1H3. The highest BCUT2D eigenvalue weighted by Crippen LogP contribution is 2.03. The maximum absolute atomic E-state index is 12.0. The van der Waals surface area contributed by atoms with Gasteiger partial charge in [-0.25, -0.2) is 9.97 Å². The third-order valence-electron chi connectivity index (χ3n) is 2.27. The highest BCUT2D eigenvalue weighted by atomic mass is 16.1. The topological polar surface area (TPSA) is 73.8 Å². The zero-order chi connectivity index (χ0) is 10.8. The Balaban J connectivity index is 2.78. The van der Waals surface area contributed by atoms with E-state index in [1.165, 1.54) is 0 Å². The van der Waals surface area contributed by atoms with Crippen LogP contribution in [0.5, 0.6) is 0 Å². The summed E-state index contributed by atoms with van der Waals surface area (Å²) >= 11 is 0.